The third-order valence-electron chi connectivity index (χ3n) is 2.42. The molecule has 0 saturated carbocycles. The van der Waals surface area contributed by atoms with Crippen LogP contribution in [0.1, 0.15) is 71.6 Å². The van der Waals surface area contributed by atoms with Crippen LogP contribution in [0, 0.1) is 0 Å². The van der Waals surface area contributed by atoms with Crippen LogP contribution in [0.2, 0.25) is 0 Å². The molecule has 0 aliphatic heterocycles. The van der Waals surface area contributed by atoms with Crippen LogP contribution in [0.15, 0.2) is 0 Å². The van der Waals surface area contributed by atoms with E-state index in [1.165, 1.54) is 19.3 Å². The van der Waals surface area contributed by atoms with Gasteiger partial charge in [0.15, 0.2) is 0 Å². The number of unbranched alkanes of at least 4 members (excludes halogenated alkanes) is 6. The zero-order valence-electron chi connectivity index (χ0n) is 13.4. The summed E-state index contributed by atoms with van der Waals surface area (Å²) in [6.07, 6.45) is 8.34. The van der Waals surface area contributed by atoms with Crippen LogP contribution < -0.4 is 0 Å². The number of aliphatic carboxylic acids is 2. The smallest absolute Gasteiger partial charge is 0.303 e. The summed E-state index contributed by atoms with van der Waals surface area (Å²) >= 11 is 0. The first kappa shape index (κ1) is 24.9. The summed E-state index contributed by atoms with van der Waals surface area (Å²) < 4.78 is 0. The normalized spacial score (nSPS) is 8.95. The molecule has 0 rings (SSSR count). The first-order valence-electron chi connectivity index (χ1n) is 7.61. The minimum Gasteiger partial charge on any atom is -0.481 e. The Morgan fingerprint density at radius 3 is 0.952 bits per heavy atom. The number of carbonyl (C=O) groups is 2. The van der Waals surface area contributed by atoms with Crippen molar-refractivity contribution in [1.29, 1.82) is 0 Å². The molecular weight excluding hydrogens is 276 g/mol. The molecule has 21 heavy (non-hydrogen) atoms. The second kappa shape index (κ2) is 23.9. The topological polar surface area (TPSA) is 115 Å². The maximum absolute atomic E-state index is 9.37. The molecule has 0 saturated heterocycles. The standard InChI is InChI=1S/C9H20O2.2C3H6O2/c10-8-6-4-2-1-3-5-7-9-11;2*1-2-3(4)5/h10-11H,1-9H2;2*2H2,1H3,(H,4,5). The van der Waals surface area contributed by atoms with Crippen molar-refractivity contribution in [1.82, 2.24) is 0 Å². The van der Waals surface area contributed by atoms with Gasteiger partial charge in [0.25, 0.3) is 0 Å². The molecule has 0 heterocycles. The Morgan fingerprint density at radius 1 is 0.619 bits per heavy atom. The maximum atomic E-state index is 9.37. The summed E-state index contributed by atoms with van der Waals surface area (Å²) in [5.41, 5.74) is 0. The Morgan fingerprint density at radius 2 is 0.810 bits per heavy atom. The van der Waals surface area contributed by atoms with Crippen molar-refractivity contribution >= 4 is 11.9 Å². The lowest BCUT2D eigenvalue weighted by Gasteiger charge is -1.98. The van der Waals surface area contributed by atoms with Gasteiger partial charge in [0.2, 0.25) is 0 Å². The minimum atomic E-state index is -0.745. The molecule has 4 N–H and O–H groups in total. The van der Waals surface area contributed by atoms with Crippen LogP contribution in [0.25, 0.3) is 0 Å². The molecule has 0 fully saturated rings. The fourth-order valence-corrected chi connectivity index (χ4v) is 1.11. The van der Waals surface area contributed by atoms with E-state index in [1.54, 1.807) is 13.8 Å². The quantitative estimate of drug-likeness (QED) is 0.461. The average molecular weight is 308 g/mol. The largest absolute Gasteiger partial charge is 0.481 e. The van der Waals surface area contributed by atoms with E-state index in [0.29, 0.717) is 13.2 Å². The first-order chi connectivity index (χ1) is 9.95. The van der Waals surface area contributed by atoms with E-state index in [2.05, 4.69) is 0 Å². The molecule has 6 nitrogen and oxygen atoms in total. The summed E-state index contributed by atoms with van der Waals surface area (Å²) in [4.78, 5) is 18.7. The predicted molar refractivity (Wildman–Crippen MR) is 82.3 cm³/mol. The molecule has 0 unspecified atom stereocenters. The number of aliphatic hydroxyl groups excluding tert-OH is 2. The third-order valence-corrected chi connectivity index (χ3v) is 2.42. The van der Waals surface area contributed by atoms with Crippen molar-refractivity contribution in [3.05, 3.63) is 0 Å². The number of rotatable bonds is 10. The number of hydrogen-bond acceptors (Lipinski definition) is 4. The van der Waals surface area contributed by atoms with Gasteiger partial charge in [-0.15, -0.1) is 0 Å². The van der Waals surface area contributed by atoms with Crippen molar-refractivity contribution in [3.8, 4) is 0 Å². The van der Waals surface area contributed by atoms with Crippen molar-refractivity contribution in [2.75, 3.05) is 13.2 Å². The highest BCUT2D eigenvalue weighted by Gasteiger charge is 1.89. The van der Waals surface area contributed by atoms with Gasteiger partial charge >= 0.3 is 11.9 Å². The van der Waals surface area contributed by atoms with Gasteiger partial charge < -0.3 is 20.4 Å². The fourth-order valence-electron chi connectivity index (χ4n) is 1.11. The van der Waals surface area contributed by atoms with E-state index in [9.17, 15) is 9.59 Å². The molecule has 0 radical (unpaired) electrons. The van der Waals surface area contributed by atoms with Gasteiger partial charge in [0.05, 0.1) is 0 Å². The van der Waals surface area contributed by atoms with E-state index in [1.807, 2.05) is 0 Å². The number of aliphatic hydroxyl groups is 2. The van der Waals surface area contributed by atoms with E-state index in [0.717, 1.165) is 25.7 Å². The number of carboxylic acids is 2. The summed E-state index contributed by atoms with van der Waals surface area (Å²) in [6.45, 7) is 3.86. The van der Waals surface area contributed by atoms with E-state index in [-0.39, 0.29) is 12.8 Å². The zero-order valence-corrected chi connectivity index (χ0v) is 13.4. The lowest BCUT2D eigenvalue weighted by atomic mass is 10.1. The van der Waals surface area contributed by atoms with E-state index in [4.69, 9.17) is 20.4 Å². The molecular formula is C15H32O6. The summed E-state index contributed by atoms with van der Waals surface area (Å²) in [5.74, 6) is -1.49. The molecule has 128 valence electrons. The Labute approximate surface area is 127 Å². The number of hydrogen-bond donors (Lipinski definition) is 4. The SMILES string of the molecule is CCC(=O)O.CCC(=O)O.OCCCCCCCCCO. The molecule has 0 aromatic rings. The van der Waals surface area contributed by atoms with Crippen molar-refractivity contribution < 1.29 is 30.0 Å². The van der Waals surface area contributed by atoms with Gasteiger partial charge in [-0.1, -0.05) is 46.0 Å². The van der Waals surface area contributed by atoms with Crippen LogP contribution in [-0.4, -0.2) is 45.6 Å². The molecule has 0 bridgehead atoms. The predicted octanol–water partition coefficient (Wildman–Crippen LogP) is 2.66. The first-order valence-corrected chi connectivity index (χ1v) is 7.61. The Kier molecular flexibility index (Phi) is 28.3. The van der Waals surface area contributed by atoms with Crippen molar-refractivity contribution in [2.24, 2.45) is 0 Å². The summed E-state index contributed by atoms with van der Waals surface area (Å²) in [5, 5.41) is 32.4. The second-order valence-corrected chi connectivity index (χ2v) is 4.42. The second-order valence-electron chi connectivity index (χ2n) is 4.42. The van der Waals surface area contributed by atoms with Crippen molar-refractivity contribution in [2.45, 2.75) is 71.6 Å². The third kappa shape index (κ3) is 45.5. The molecule has 0 atom stereocenters. The van der Waals surface area contributed by atoms with Crippen LogP contribution in [0.5, 0.6) is 0 Å². The Hall–Kier alpha value is -1.14. The Bertz CT molecular complexity index is 196. The van der Waals surface area contributed by atoms with Gasteiger partial charge in [0, 0.05) is 26.1 Å². The van der Waals surface area contributed by atoms with Gasteiger partial charge in [-0.3, -0.25) is 9.59 Å². The summed E-state index contributed by atoms with van der Waals surface area (Å²) in [7, 11) is 0. The van der Waals surface area contributed by atoms with Gasteiger partial charge in [-0.25, -0.2) is 0 Å². The zero-order chi connectivity index (χ0) is 16.9. The highest BCUT2D eigenvalue weighted by Crippen LogP contribution is 2.06. The molecule has 0 aromatic carbocycles. The van der Waals surface area contributed by atoms with Crippen LogP contribution >= 0.6 is 0 Å². The number of carboxylic acid groups (broad SMARTS) is 2. The van der Waals surface area contributed by atoms with Gasteiger partial charge in [-0.2, -0.15) is 0 Å². The van der Waals surface area contributed by atoms with Crippen LogP contribution in [0.3, 0.4) is 0 Å². The highest BCUT2D eigenvalue weighted by molar-refractivity contribution is 5.66. The molecule has 0 amide bonds. The molecule has 0 spiro atoms. The average Bonchev–Trinajstić information content (AvgIpc) is 2.47. The fraction of sp³-hybridized carbons (Fsp3) is 0.867. The molecule has 0 aliphatic carbocycles. The van der Waals surface area contributed by atoms with Crippen molar-refractivity contribution in [3.63, 3.8) is 0 Å². The minimum absolute atomic E-state index is 0.222. The lowest BCUT2D eigenvalue weighted by Crippen LogP contribution is -1.86. The Balaban J connectivity index is -0.000000270. The summed E-state index contributed by atoms with van der Waals surface area (Å²) in [6, 6.07) is 0. The monoisotopic (exact) mass is 308 g/mol. The molecule has 6 heteroatoms. The maximum Gasteiger partial charge on any atom is 0.303 e. The molecule has 0 aromatic heterocycles. The lowest BCUT2D eigenvalue weighted by molar-refractivity contribution is -0.137. The van der Waals surface area contributed by atoms with Crippen LogP contribution in [-0.2, 0) is 9.59 Å². The van der Waals surface area contributed by atoms with E-state index < -0.39 is 11.9 Å². The van der Waals surface area contributed by atoms with Crippen LogP contribution in [0.4, 0.5) is 0 Å². The van der Waals surface area contributed by atoms with Gasteiger partial charge in [-0.05, 0) is 12.8 Å². The molecule has 0 aliphatic rings. The van der Waals surface area contributed by atoms with E-state index >= 15 is 0 Å². The highest BCUT2D eigenvalue weighted by atomic mass is 16.4. The van der Waals surface area contributed by atoms with Gasteiger partial charge in [0.1, 0.15) is 0 Å².